The molecule has 0 saturated heterocycles. The van der Waals surface area contributed by atoms with Gasteiger partial charge in [-0.25, -0.2) is 13.8 Å². The Morgan fingerprint density at radius 3 is 2.85 bits per heavy atom. The van der Waals surface area contributed by atoms with E-state index >= 15 is 0 Å². The zero-order valence-corrected chi connectivity index (χ0v) is 18.2. The number of halogens is 2. The molecule has 0 fully saturated rings. The molecule has 1 aliphatic rings. The fourth-order valence-corrected chi connectivity index (χ4v) is 4.70. The van der Waals surface area contributed by atoms with Crippen LogP contribution in [0.4, 0.5) is 13.9 Å². The Bertz CT molecular complexity index is 1220. The molecular weight excluding hydrogens is 456 g/mol. The lowest BCUT2D eigenvalue weighted by Crippen LogP contribution is -2.35. The largest absolute Gasteiger partial charge is 0.366 e. The van der Waals surface area contributed by atoms with Crippen molar-refractivity contribution >= 4 is 45.9 Å². The van der Waals surface area contributed by atoms with Crippen LogP contribution in [0.15, 0.2) is 23.2 Å². The maximum atomic E-state index is 14.0. The number of amides is 2. The Hall–Kier alpha value is -3.22. The van der Waals surface area contributed by atoms with Gasteiger partial charge in [0.15, 0.2) is 11.4 Å². The second-order valence-corrected chi connectivity index (χ2v) is 8.73. The van der Waals surface area contributed by atoms with Gasteiger partial charge in [-0.15, -0.1) is 0 Å². The summed E-state index contributed by atoms with van der Waals surface area (Å²) in [4.78, 5) is 38.2. The third-order valence-electron chi connectivity index (χ3n) is 5.39. The van der Waals surface area contributed by atoms with Crippen molar-refractivity contribution in [2.45, 2.75) is 38.1 Å². The molecule has 1 atom stereocenters. The van der Waals surface area contributed by atoms with Crippen molar-refractivity contribution in [3.63, 3.8) is 0 Å². The van der Waals surface area contributed by atoms with Crippen molar-refractivity contribution in [3.8, 4) is 0 Å². The van der Waals surface area contributed by atoms with E-state index in [2.05, 4.69) is 27.0 Å². The van der Waals surface area contributed by atoms with Crippen LogP contribution in [0.1, 0.15) is 33.9 Å². The van der Waals surface area contributed by atoms with Crippen LogP contribution in [0.5, 0.6) is 0 Å². The summed E-state index contributed by atoms with van der Waals surface area (Å²) in [6, 6.07) is 2.42. The van der Waals surface area contributed by atoms with E-state index in [9.17, 15) is 18.4 Å². The molecule has 1 aromatic carbocycles. The van der Waals surface area contributed by atoms with E-state index in [4.69, 9.17) is 10.2 Å². The van der Waals surface area contributed by atoms with Crippen molar-refractivity contribution in [2.75, 3.05) is 11.9 Å². The molecule has 0 spiro atoms. The lowest BCUT2D eigenvalue weighted by Gasteiger charge is -2.25. The highest BCUT2D eigenvalue weighted by atomic mass is 32.1. The monoisotopic (exact) mass is 477 g/mol. The topological polar surface area (TPSA) is 131 Å². The number of carbonyl (C=O) groups excluding carboxylic acids is 2. The predicted octanol–water partition coefficient (Wildman–Crippen LogP) is 2.20. The van der Waals surface area contributed by atoms with Gasteiger partial charge in [0.05, 0.1) is 17.8 Å². The number of hydrogen-bond donors (Lipinski definition) is 4. The number of aromatic nitrogens is 2. The fraction of sp³-hybridized carbons (Fsp3) is 0.333. The molecule has 9 nitrogen and oxygen atoms in total. The molecule has 2 amide bonds. The number of carbonyl (C=O) groups is 2. The molecule has 4 N–H and O–H groups in total. The second-order valence-electron chi connectivity index (χ2n) is 7.65. The zero-order chi connectivity index (χ0) is 23.7. The smallest absolute Gasteiger partial charge is 0.270 e. The van der Waals surface area contributed by atoms with Crippen LogP contribution in [0.25, 0.3) is 10.9 Å². The molecule has 12 heteroatoms. The van der Waals surface area contributed by atoms with Crippen molar-refractivity contribution in [2.24, 2.45) is 4.99 Å². The Morgan fingerprint density at radius 1 is 1.33 bits per heavy atom. The highest BCUT2D eigenvalue weighted by Crippen LogP contribution is 2.30. The molecule has 1 aliphatic heterocycles. The molecular formula is C21H21F2N5O4S. The number of anilines is 1. The average Bonchev–Trinajstić information content (AvgIpc) is 3.36. The third-order valence-corrected chi connectivity index (χ3v) is 6.39. The maximum Gasteiger partial charge on any atom is 0.270 e. The van der Waals surface area contributed by atoms with Crippen LogP contribution in [-0.4, -0.2) is 62.5 Å². The van der Waals surface area contributed by atoms with Gasteiger partial charge < -0.3 is 25.4 Å². The van der Waals surface area contributed by atoms with Gasteiger partial charge >= 0.3 is 0 Å². The van der Waals surface area contributed by atoms with Crippen LogP contribution in [-0.2, 0) is 17.8 Å². The number of fused-ring (bicyclic) bond motifs is 2. The van der Waals surface area contributed by atoms with Gasteiger partial charge in [0, 0.05) is 35.7 Å². The minimum absolute atomic E-state index is 0.00764. The minimum Gasteiger partial charge on any atom is -0.366 e. The molecule has 3 aromatic rings. The van der Waals surface area contributed by atoms with Gasteiger partial charge in [-0.3, -0.25) is 14.6 Å². The molecule has 0 radical (unpaired) electrons. The molecule has 174 valence electrons. The van der Waals surface area contributed by atoms with E-state index < -0.39 is 24.0 Å². The summed E-state index contributed by atoms with van der Waals surface area (Å²) in [6.45, 7) is 3.93. The van der Waals surface area contributed by atoms with Crippen LogP contribution in [0, 0.1) is 11.6 Å². The Labute approximate surface area is 190 Å². The normalized spacial score (nSPS) is 14.4. The Balaban J connectivity index is 1.41. The van der Waals surface area contributed by atoms with E-state index in [1.807, 2.05) is 0 Å². The van der Waals surface area contributed by atoms with Crippen LogP contribution >= 0.6 is 11.3 Å². The van der Waals surface area contributed by atoms with Crippen molar-refractivity contribution < 1.29 is 28.6 Å². The SMILES string of the molecule is C=N[C@@H](CCC(=O)Nc1nc2c(s1)CN(C(=O)c1cc3c(F)cc(F)cc3[nH]1)CC2)C(O)O. The first-order chi connectivity index (χ1) is 15.7. The van der Waals surface area contributed by atoms with Crippen molar-refractivity contribution in [1.82, 2.24) is 14.9 Å². The Kier molecular flexibility index (Phi) is 6.49. The summed E-state index contributed by atoms with van der Waals surface area (Å²) < 4.78 is 27.4. The summed E-state index contributed by atoms with van der Waals surface area (Å²) in [7, 11) is 0. The van der Waals surface area contributed by atoms with E-state index in [1.54, 1.807) is 4.90 Å². The lowest BCUT2D eigenvalue weighted by atomic mass is 10.1. The number of aliphatic hydroxyl groups excluding tert-OH is 1. The number of nitrogens with one attached hydrogen (secondary N) is 2. The Morgan fingerprint density at radius 2 is 2.12 bits per heavy atom. The number of thiazole rings is 1. The van der Waals surface area contributed by atoms with Crippen LogP contribution < -0.4 is 5.32 Å². The van der Waals surface area contributed by atoms with Gasteiger partial charge in [-0.1, -0.05) is 11.3 Å². The number of rotatable bonds is 7. The number of nitrogens with zero attached hydrogens (tertiary/aromatic N) is 3. The van der Waals surface area contributed by atoms with Gasteiger partial charge in [-0.05, 0) is 25.3 Å². The molecule has 33 heavy (non-hydrogen) atoms. The average molecular weight is 477 g/mol. The zero-order valence-electron chi connectivity index (χ0n) is 17.3. The summed E-state index contributed by atoms with van der Waals surface area (Å²) in [6.07, 6.45) is -1.07. The van der Waals surface area contributed by atoms with E-state index in [1.165, 1.54) is 17.4 Å². The first kappa shape index (κ1) is 23.0. The summed E-state index contributed by atoms with van der Waals surface area (Å²) in [5.41, 5.74) is 1.15. The number of H-pyrrole nitrogens is 1. The molecule has 2 aromatic heterocycles. The quantitative estimate of drug-likeness (QED) is 0.306. The minimum atomic E-state index is -1.68. The molecule has 0 aliphatic carbocycles. The van der Waals surface area contributed by atoms with Crippen LogP contribution in [0.2, 0.25) is 0 Å². The van der Waals surface area contributed by atoms with E-state index in [0.29, 0.717) is 18.1 Å². The maximum absolute atomic E-state index is 14.0. The van der Waals surface area contributed by atoms with Crippen molar-refractivity contribution in [3.05, 3.63) is 46.1 Å². The second kappa shape index (κ2) is 9.33. The lowest BCUT2D eigenvalue weighted by molar-refractivity contribution is -0.117. The van der Waals surface area contributed by atoms with E-state index in [-0.39, 0.29) is 47.8 Å². The highest BCUT2D eigenvalue weighted by molar-refractivity contribution is 7.15. The number of hydrogen-bond acceptors (Lipinski definition) is 7. The summed E-state index contributed by atoms with van der Waals surface area (Å²) >= 11 is 1.24. The van der Waals surface area contributed by atoms with Gasteiger partial charge in [0.25, 0.3) is 5.91 Å². The number of benzene rings is 1. The third kappa shape index (κ3) is 4.92. The fourth-order valence-electron chi connectivity index (χ4n) is 3.66. The van der Waals surface area contributed by atoms with Gasteiger partial charge in [0.1, 0.15) is 23.4 Å². The van der Waals surface area contributed by atoms with Crippen LogP contribution in [0.3, 0.4) is 0 Å². The van der Waals surface area contributed by atoms with Gasteiger partial charge in [-0.2, -0.15) is 0 Å². The number of aliphatic imine (C=N–C) groups is 1. The summed E-state index contributed by atoms with van der Waals surface area (Å²) in [5.74, 6) is -2.17. The first-order valence-electron chi connectivity index (χ1n) is 10.1. The number of aliphatic hydroxyl groups is 2. The summed E-state index contributed by atoms with van der Waals surface area (Å²) in [5, 5.41) is 21.5. The molecule has 4 rings (SSSR count). The van der Waals surface area contributed by atoms with E-state index in [0.717, 1.165) is 22.7 Å². The predicted molar refractivity (Wildman–Crippen MR) is 118 cm³/mol. The molecule has 0 unspecified atom stereocenters. The molecule has 0 saturated carbocycles. The first-order valence-corrected chi connectivity index (χ1v) is 10.9. The van der Waals surface area contributed by atoms with Gasteiger partial charge in [0.2, 0.25) is 5.91 Å². The standard InChI is InChI=1S/C21H21F2N5O4S/c1-24-14(20(31)32)2-3-18(29)27-21-26-13-4-5-28(9-17(13)33-21)19(30)16-8-11-12(23)6-10(22)7-15(11)25-16/h6-8,14,20,25,31-32H,1-5,9H2,(H,26,27,29)/t14-/m0/s1. The molecule has 3 heterocycles. The highest BCUT2D eigenvalue weighted by Gasteiger charge is 2.27. The molecule has 0 bridgehead atoms. The van der Waals surface area contributed by atoms with Crippen molar-refractivity contribution in [1.29, 1.82) is 0 Å². The number of aromatic amines is 1.